The number of halogens is 1. The topological polar surface area (TPSA) is 66.5 Å². The molecule has 150 valence electrons. The Labute approximate surface area is 165 Å². The Kier molecular flexibility index (Phi) is 6.34. The molecule has 0 saturated heterocycles. The number of sulfonamides is 1. The molecule has 2 aromatic rings. The van der Waals surface area contributed by atoms with Gasteiger partial charge in [-0.15, -0.1) is 0 Å². The second-order valence-electron chi connectivity index (χ2n) is 7.33. The Hall–Kier alpha value is -2.41. The van der Waals surface area contributed by atoms with Gasteiger partial charge < -0.3 is 5.32 Å². The van der Waals surface area contributed by atoms with Crippen LogP contribution in [0.5, 0.6) is 0 Å². The molecule has 1 amide bonds. The van der Waals surface area contributed by atoms with Gasteiger partial charge in [0.1, 0.15) is 12.4 Å². The van der Waals surface area contributed by atoms with E-state index in [2.05, 4.69) is 12.2 Å². The van der Waals surface area contributed by atoms with Gasteiger partial charge in [0.25, 0.3) is 10.0 Å². The van der Waals surface area contributed by atoms with Crippen LogP contribution in [0.2, 0.25) is 0 Å². The van der Waals surface area contributed by atoms with Gasteiger partial charge in [-0.05, 0) is 68.0 Å². The first kappa shape index (κ1) is 20.3. The van der Waals surface area contributed by atoms with Gasteiger partial charge >= 0.3 is 0 Å². The van der Waals surface area contributed by atoms with Gasteiger partial charge in [0.2, 0.25) is 5.91 Å². The van der Waals surface area contributed by atoms with E-state index in [9.17, 15) is 17.6 Å². The van der Waals surface area contributed by atoms with Crippen molar-refractivity contribution in [2.75, 3.05) is 10.8 Å². The Morgan fingerprint density at radius 2 is 1.64 bits per heavy atom. The van der Waals surface area contributed by atoms with Crippen molar-refractivity contribution in [2.24, 2.45) is 5.92 Å². The van der Waals surface area contributed by atoms with Gasteiger partial charge in [-0.25, -0.2) is 12.8 Å². The van der Waals surface area contributed by atoms with E-state index in [4.69, 9.17) is 0 Å². The smallest absolute Gasteiger partial charge is 0.264 e. The zero-order valence-electron chi connectivity index (χ0n) is 15.8. The van der Waals surface area contributed by atoms with Crippen molar-refractivity contribution < 1.29 is 17.6 Å². The average molecular weight is 405 g/mol. The fourth-order valence-corrected chi connectivity index (χ4v) is 4.87. The zero-order chi connectivity index (χ0) is 20.1. The molecule has 1 aliphatic carbocycles. The largest absolute Gasteiger partial charge is 0.352 e. The highest BCUT2D eigenvalue weighted by molar-refractivity contribution is 7.92. The SMILES string of the molecule is CC1CCC(NC(=O)CN(c2ccccc2)S(=O)(=O)c2ccc(F)cc2)CC1. The lowest BCUT2D eigenvalue weighted by molar-refractivity contribution is -0.120. The summed E-state index contributed by atoms with van der Waals surface area (Å²) in [4.78, 5) is 12.6. The van der Waals surface area contributed by atoms with Gasteiger partial charge in [0, 0.05) is 6.04 Å². The lowest BCUT2D eigenvalue weighted by atomic mass is 9.87. The number of nitrogens with one attached hydrogen (secondary N) is 1. The Bertz CT molecular complexity index is 893. The number of anilines is 1. The molecule has 0 aromatic heterocycles. The summed E-state index contributed by atoms with van der Waals surface area (Å²) in [5.41, 5.74) is 0.388. The molecule has 0 unspecified atom stereocenters. The third-order valence-corrected chi connectivity index (χ3v) is 6.90. The maximum Gasteiger partial charge on any atom is 0.264 e. The lowest BCUT2D eigenvalue weighted by Crippen LogP contribution is -2.45. The van der Waals surface area contributed by atoms with E-state index >= 15 is 0 Å². The van der Waals surface area contributed by atoms with Crippen molar-refractivity contribution >= 4 is 21.6 Å². The summed E-state index contributed by atoms with van der Waals surface area (Å²) in [6.45, 7) is 1.88. The average Bonchev–Trinajstić information content (AvgIpc) is 2.69. The molecule has 1 N–H and O–H groups in total. The molecule has 3 rings (SSSR count). The van der Waals surface area contributed by atoms with Gasteiger partial charge in [-0.3, -0.25) is 9.10 Å². The van der Waals surface area contributed by atoms with Crippen LogP contribution < -0.4 is 9.62 Å². The molecule has 0 radical (unpaired) electrons. The quantitative estimate of drug-likeness (QED) is 0.798. The molecule has 28 heavy (non-hydrogen) atoms. The van der Waals surface area contributed by atoms with Crippen LogP contribution in [0.25, 0.3) is 0 Å². The molecular weight excluding hydrogens is 379 g/mol. The van der Waals surface area contributed by atoms with Crippen LogP contribution in [0, 0.1) is 11.7 Å². The third kappa shape index (κ3) is 4.90. The molecule has 0 heterocycles. The normalized spacial score (nSPS) is 19.8. The van der Waals surface area contributed by atoms with E-state index in [1.54, 1.807) is 30.3 Å². The summed E-state index contributed by atoms with van der Waals surface area (Å²) in [6, 6.07) is 13.2. The Balaban J connectivity index is 1.81. The number of rotatable bonds is 6. The van der Waals surface area contributed by atoms with Crippen molar-refractivity contribution in [3.05, 3.63) is 60.4 Å². The highest BCUT2D eigenvalue weighted by Crippen LogP contribution is 2.25. The fraction of sp³-hybridized carbons (Fsp3) is 0.381. The first-order chi connectivity index (χ1) is 13.4. The van der Waals surface area contributed by atoms with Crippen LogP contribution in [0.4, 0.5) is 10.1 Å². The highest BCUT2D eigenvalue weighted by atomic mass is 32.2. The summed E-state index contributed by atoms with van der Waals surface area (Å²) < 4.78 is 40.6. The van der Waals surface area contributed by atoms with Crippen LogP contribution >= 0.6 is 0 Å². The maximum atomic E-state index is 13.2. The van der Waals surface area contributed by atoms with E-state index in [-0.39, 0.29) is 23.4 Å². The first-order valence-corrected chi connectivity index (χ1v) is 10.9. The van der Waals surface area contributed by atoms with Crippen LogP contribution in [0.1, 0.15) is 32.6 Å². The molecule has 1 fully saturated rings. The molecule has 0 aliphatic heterocycles. The van der Waals surface area contributed by atoms with Gasteiger partial charge in [0.15, 0.2) is 0 Å². The van der Waals surface area contributed by atoms with Crippen LogP contribution in [-0.2, 0) is 14.8 Å². The number of amides is 1. The summed E-state index contributed by atoms with van der Waals surface area (Å²) in [6.07, 6.45) is 3.92. The molecule has 0 atom stereocenters. The van der Waals surface area contributed by atoms with Crippen molar-refractivity contribution in [3.63, 3.8) is 0 Å². The second-order valence-corrected chi connectivity index (χ2v) is 9.19. The van der Waals surface area contributed by atoms with Crippen LogP contribution in [0.15, 0.2) is 59.5 Å². The number of hydrogen-bond acceptors (Lipinski definition) is 3. The maximum absolute atomic E-state index is 13.2. The predicted octanol–water partition coefficient (Wildman–Crippen LogP) is 3.72. The van der Waals surface area contributed by atoms with E-state index in [0.29, 0.717) is 11.6 Å². The second kappa shape index (κ2) is 8.73. The molecule has 5 nitrogen and oxygen atoms in total. The standard InChI is InChI=1S/C21H25FN2O3S/c1-16-7-11-18(12-8-16)23-21(25)15-24(19-5-3-2-4-6-19)28(26,27)20-13-9-17(22)10-14-20/h2-6,9-10,13-14,16,18H,7-8,11-12,15H2,1H3,(H,23,25). The molecule has 1 aliphatic rings. The fourth-order valence-electron chi connectivity index (χ4n) is 3.45. The van der Waals surface area contributed by atoms with Gasteiger partial charge in [-0.2, -0.15) is 0 Å². The van der Waals surface area contributed by atoms with Crippen LogP contribution in [-0.4, -0.2) is 26.9 Å². The van der Waals surface area contributed by atoms with Crippen molar-refractivity contribution in [1.82, 2.24) is 5.32 Å². The van der Waals surface area contributed by atoms with Crippen molar-refractivity contribution in [2.45, 2.75) is 43.5 Å². The zero-order valence-corrected chi connectivity index (χ0v) is 16.7. The summed E-state index contributed by atoms with van der Waals surface area (Å²) >= 11 is 0. The number of nitrogens with zero attached hydrogens (tertiary/aromatic N) is 1. The first-order valence-electron chi connectivity index (χ1n) is 9.49. The Morgan fingerprint density at radius 1 is 1.04 bits per heavy atom. The van der Waals surface area contributed by atoms with E-state index in [1.807, 2.05) is 0 Å². The van der Waals surface area contributed by atoms with Crippen molar-refractivity contribution in [3.8, 4) is 0 Å². The van der Waals surface area contributed by atoms with E-state index in [1.165, 1.54) is 12.1 Å². The third-order valence-electron chi connectivity index (χ3n) is 5.11. The number of para-hydroxylation sites is 1. The van der Waals surface area contributed by atoms with Crippen molar-refractivity contribution in [1.29, 1.82) is 0 Å². The summed E-state index contributed by atoms with van der Waals surface area (Å²) in [5, 5.41) is 2.97. The van der Waals surface area contributed by atoms with E-state index in [0.717, 1.165) is 42.1 Å². The number of carbonyl (C=O) groups is 1. The Morgan fingerprint density at radius 3 is 2.25 bits per heavy atom. The lowest BCUT2D eigenvalue weighted by Gasteiger charge is -2.29. The molecule has 0 spiro atoms. The molecule has 0 bridgehead atoms. The summed E-state index contributed by atoms with van der Waals surface area (Å²) in [5.74, 6) is -0.198. The van der Waals surface area contributed by atoms with Gasteiger partial charge in [0.05, 0.1) is 10.6 Å². The summed E-state index contributed by atoms with van der Waals surface area (Å²) in [7, 11) is -4.01. The highest BCUT2D eigenvalue weighted by Gasteiger charge is 2.28. The minimum absolute atomic E-state index is 0.0583. The number of carbonyl (C=O) groups excluding carboxylic acids is 1. The van der Waals surface area contributed by atoms with Gasteiger partial charge in [-0.1, -0.05) is 25.1 Å². The number of benzene rings is 2. The minimum Gasteiger partial charge on any atom is -0.352 e. The molecule has 2 aromatic carbocycles. The molecule has 1 saturated carbocycles. The van der Waals surface area contributed by atoms with Crippen LogP contribution in [0.3, 0.4) is 0 Å². The molecule has 7 heteroatoms. The minimum atomic E-state index is -4.01. The predicted molar refractivity (Wildman–Crippen MR) is 107 cm³/mol. The molecular formula is C21H25FN2O3S. The number of hydrogen-bond donors (Lipinski definition) is 1. The van der Waals surface area contributed by atoms with E-state index < -0.39 is 15.8 Å². The monoisotopic (exact) mass is 404 g/mol.